The summed E-state index contributed by atoms with van der Waals surface area (Å²) in [6.07, 6.45) is 2.06. The molecule has 1 aromatic heterocycles. The maximum Gasteiger partial charge on any atom is 0.246 e. The minimum absolute atomic E-state index is 0.0778. The molecule has 8 nitrogen and oxygen atoms in total. The molecule has 1 aliphatic rings. The molecule has 2 aromatic carbocycles. The third-order valence-corrected chi connectivity index (χ3v) is 8.15. The van der Waals surface area contributed by atoms with Crippen LogP contribution in [0, 0.1) is 19.8 Å². The number of aryl methyl sites for hydroxylation is 2. The van der Waals surface area contributed by atoms with Crippen molar-refractivity contribution in [2.24, 2.45) is 5.92 Å². The van der Waals surface area contributed by atoms with Crippen LogP contribution in [0.2, 0.25) is 0 Å². The highest BCUT2D eigenvalue weighted by molar-refractivity contribution is 7.89. The average molecular weight is 497 g/mol. The normalized spacial score (nSPS) is 16.8. The number of carbonyl (C=O) groups excluding carboxylic acids is 1. The van der Waals surface area contributed by atoms with Gasteiger partial charge in [-0.05, 0) is 51.3 Å². The number of piperidine rings is 1. The van der Waals surface area contributed by atoms with Gasteiger partial charge in [-0.1, -0.05) is 53.5 Å². The van der Waals surface area contributed by atoms with Crippen LogP contribution in [-0.2, 0) is 21.4 Å². The van der Waals surface area contributed by atoms with Crippen molar-refractivity contribution in [3.63, 3.8) is 0 Å². The summed E-state index contributed by atoms with van der Waals surface area (Å²) in [7, 11) is -3.65. The Morgan fingerprint density at radius 3 is 2.63 bits per heavy atom. The van der Waals surface area contributed by atoms with Crippen LogP contribution in [0.3, 0.4) is 0 Å². The Hall–Kier alpha value is -3.04. The van der Waals surface area contributed by atoms with E-state index in [4.69, 9.17) is 4.52 Å². The Bertz CT molecular complexity index is 1270. The van der Waals surface area contributed by atoms with Crippen LogP contribution in [0.5, 0.6) is 0 Å². The van der Waals surface area contributed by atoms with E-state index in [-0.39, 0.29) is 23.9 Å². The number of aromatic nitrogens is 2. The summed E-state index contributed by atoms with van der Waals surface area (Å²) < 4.78 is 33.3. The lowest BCUT2D eigenvalue weighted by molar-refractivity contribution is -0.137. The number of carbonyl (C=O) groups is 1. The Morgan fingerprint density at radius 2 is 1.91 bits per heavy atom. The van der Waals surface area contributed by atoms with E-state index >= 15 is 0 Å². The molecule has 4 rings (SSSR count). The van der Waals surface area contributed by atoms with Gasteiger partial charge in [0.15, 0.2) is 0 Å². The molecule has 0 aliphatic carbocycles. The van der Waals surface area contributed by atoms with Crippen LogP contribution in [-0.4, -0.2) is 53.3 Å². The summed E-state index contributed by atoms with van der Waals surface area (Å²) in [5.41, 5.74) is 2.95. The molecule has 1 fully saturated rings. The molecule has 1 aliphatic heterocycles. The van der Waals surface area contributed by atoms with Gasteiger partial charge in [0.1, 0.15) is 0 Å². The highest BCUT2D eigenvalue weighted by Gasteiger charge is 2.35. The second-order valence-electron chi connectivity index (χ2n) is 9.16. The average Bonchev–Trinajstić information content (AvgIpc) is 3.32. The van der Waals surface area contributed by atoms with E-state index in [1.807, 2.05) is 45.0 Å². The van der Waals surface area contributed by atoms with Gasteiger partial charge in [-0.25, -0.2) is 8.42 Å². The Labute approximate surface area is 207 Å². The van der Waals surface area contributed by atoms with Crippen molar-refractivity contribution >= 4 is 15.9 Å². The van der Waals surface area contributed by atoms with E-state index in [0.29, 0.717) is 37.6 Å². The van der Waals surface area contributed by atoms with Gasteiger partial charge in [0.25, 0.3) is 0 Å². The summed E-state index contributed by atoms with van der Waals surface area (Å²) in [6.45, 7) is 7.24. The van der Waals surface area contributed by atoms with Gasteiger partial charge < -0.3 is 9.42 Å². The predicted octanol–water partition coefficient (Wildman–Crippen LogP) is 4.19. The molecule has 1 amide bonds. The molecule has 186 valence electrons. The molecule has 1 saturated heterocycles. The lowest BCUT2D eigenvalue weighted by Gasteiger charge is -2.34. The molecule has 2 heterocycles. The SMILES string of the molecule is CCCN(Cc1nc(-c2cccc(C)c2)no1)C(=O)C1CCCN(S(=O)(=O)c2ccc(C)cc2)C1. The van der Waals surface area contributed by atoms with Crippen molar-refractivity contribution in [2.45, 2.75) is 51.5 Å². The van der Waals surface area contributed by atoms with E-state index in [0.717, 1.165) is 23.1 Å². The number of nitrogens with zero attached hydrogens (tertiary/aromatic N) is 4. The number of hydrogen-bond acceptors (Lipinski definition) is 6. The minimum Gasteiger partial charge on any atom is -0.337 e. The van der Waals surface area contributed by atoms with Crippen LogP contribution in [0.15, 0.2) is 57.9 Å². The zero-order valence-corrected chi connectivity index (χ0v) is 21.3. The first kappa shape index (κ1) is 25.1. The molecular formula is C26H32N4O4S. The summed E-state index contributed by atoms with van der Waals surface area (Å²) in [4.78, 5) is 19.9. The molecule has 0 spiro atoms. The molecule has 1 atom stereocenters. The largest absolute Gasteiger partial charge is 0.337 e. The zero-order chi connectivity index (χ0) is 25.0. The van der Waals surface area contributed by atoms with Crippen molar-refractivity contribution in [2.75, 3.05) is 19.6 Å². The van der Waals surface area contributed by atoms with Crippen LogP contribution in [0.4, 0.5) is 0 Å². The van der Waals surface area contributed by atoms with Crippen LogP contribution >= 0.6 is 0 Å². The van der Waals surface area contributed by atoms with Gasteiger partial charge in [-0.2, -0.15) is 9.29 Å². The maximum absolute atomic E-state index is 13.5. The van der Waals surface area contributed by atoms with Crippen molar-refractivity contribution in [3.05, 3.63) is 65.5 Å². The van der Waals surface area contributed by atoms with Crippen molar-refractivity contribution in [3.8, 4) is 11.4 Å². The molecule has 0 radical (unpaired) electrons. The van der Waals surface area contributed by atoms with E-state index in [2.05, 4.69) is 10.1 Å². The van der Waals surface area contributed by atoms with Crippen molar-refractivity contribution < 1.29 is 17.7 Å². The molecule has 0 saturated carbocycles. The lowest BCUT2D eigenvalue weighted by Crippen LogP contribution is -2.46. The first-order chi connectivity index (χ1) is 16.8. The summed E-state index contributed by atoms with van der Waals surface area (Å²) >= 11 is 0. The fraction of sp³-hybridized carbons (Fsp3) is 0.423. The fourth-order valence-electron chi connectivity index (χ4n) is 4.40. The Balaban J connectivity index is 1.47. The molecule has 35 heavy (non-hydrogen) atoms. The molecule has 9 heteroatoms. The highest BCUT2D eigenvalue weighted by atomic mass is 32.2. The van der Waals surface area contributed by atoms with Crippen molar-refractivity contribution in [1.29, 1.82) is 0 Å². The number of rotatable bonds is 8. The maximum atomic E-state index is 13.5. The zero-order valence-electron chi connectivity index (χ0n) is 20.5. The molecule has 0 bridgehead atoms. The summed E-state index contributed by atoms with van der Waals surface area (Å²) in [6, 6.07) is 14.7. The third-order valence-electron chi connectivity index (χ3n) is 6.27. The number of sulfonamides is 1. The third kappa shape index (κ3) is 5.79. The van der Waals surface area contributed by atoms with Crippen LogP contribution < -0.4 is 0 Å². The smallest absolute Gasteiger partial charge is 0.246 e. The van der Waals surface area contributed by atoms with E-state index < -0.39 is 15.9 Å². The highest BCUT2D eigenvalue weighted by Crippen LogP contribution is 2.26. The Morgan fingerprint density at radius 1 is 1.14 bits per heavy atom. The number of amides is 1. The minimum atomic E-state index is -3.65. The molecular weight excluding hydrogens is 464 g/mol. The second-order valence-corrected chi connectivity index (χ2v) is 11.1. The fourth-order valence-corrected chi connectivity index (χ4v) is 5.92. The number of benzene rings is 2. The van der Waals surface area contributed by atoms with Gasteiger partial charge >= 0.3 is 0 Å². The standard InChI is InChI=1S/C26H32N4O4S/c1-4-14-29(18-24-27-25(28-34-24)21-8-5-7-20(3)16-21)26(31)22-9-6-15-30(17-22)35(32,33)23-12-10-19(2)11-13-23/h5,7-8,10-13,16,22H,4,6,9,14-15,17-18H2,1-3H3. The first-order valence-electron chi connectivity index (χ1n) is 12.0. The van der Waals surface area contributed by atoms with Crippen LogP contribution in [0.25, 0.3) is 11.4 Å². The van der Waals surface area contributed by atoms with Gasteiger partial charge in [0.2, 0.25) is 27.6 Å². The van der Waals surface area contributed by atoms with E-state index in [9.17, 15) is 13.2 Å². The monoisotopic (exact) mass is 496 g/mol. The lowest BCUT2D eigenvalue weighted by atomic mass is 9.98. The van der Waals surface area contributed by atoms with Gasteiger partial charge in [0, 0.05) is 25.2 Å². The van der Waals surface area contributed by atoms with Crippen LogP contribution in [0.1, 0.15) is 43.2 Å². The quantitative estimate of drug-likeness (QED) is 0.464. The Kier molecular flexibility index (Phi) is 7.66. The van der Waals surface area contributed by atoms with Gasteiger partial charge in [0.05, 0.1) is 17.4 Å². The number of hydrogen-bond donors (Lipinski definition) is 0. The summed E-state index contributed by atoms with van der Waals surface area (Å²) in [5.74, 6) is 0.365. The van der Waals surface area contributed by atoms with E-state index in [1.54, 1.807) is 29.2 Å². The van der Waals surface area contributed by atoms with E-state index in [1.165, 1.54) is 4.31 Å². The topological polar surface area (TPSA) is 96.6 Å². The second kappa shape index (κ2) is 10.7. The predicted molar refractivity (Wildman–Crippen MR) is 133 cm³/mol. The summed E-state index contributed by atoms with van der Waals surface area (Å²) in [5, 5.41) is 4.09. The van der Waals surface area contributed by atoms with Gasteiger partial charge in [-0.3, -0.25) is 4.79 Å². The van der Waals surface area contributed by atoms with Crippen molar-refractivity contribution in [1.82, 2.24) is 19.3 Å². The molecule has 1 unspecified atom stereocenters. The molecule has 3 aromatic rings. The molecule has 0 N–H and O–H groups in total. The van der Waals surface area contributed by atoms with Gasteiger partial charge in [-0.15, -0.1) is 0 Å². The first-order valence-corrected chi connectivity index (χ1v) is 13.5.